The van der Waals surface area contributed by atoms with Crippen molar-refractivity contribution in [3.8, 4) is 5.88 Å². The number of carbonyl (C=O) groups is 1. The van der Waals surface area contributed by atoms with Crippen molar-refractivity contribution in [1.29, 1.82) is 0 Å². The lowest BCUT2D eigenvalue weighted by Gasteiger charge is -2.29. The van der Waals surface area contributed by atoms with E-state index >= 15 is 0 Å². The summed E-state index contributed by atoms with van der Waals surface area (Å²) in [6.45, 7) is 3.94. The smallest absolute Gasteiger partial charge is 0.258 e. The first-order valence-electron chi connectivity index (χ1n) is 8.14. The highest BCUT2D eigenvalue weighted by Gasteiger charge is 2.23. The van der Waals surface area contributed by atoms with Crippen molar-refractivity contribution in [2.24, 2.45) is 5.92 Å². The van der Waals surface area contributed by atoms with E-state index in [-0.39, 0.29) is 16.7 Å². The van der Waals surface area contributed by atoms with E-state index < -0.39 is 11.7 Å². The second-order valence-corrected chi connectivity index (χ2v) is 6.47. The summed E-state index contributed by atoms with van der Waals surface area (Å²) in [4.78, 5) is 16.6. The molecule has 2 aromatic rings. The van der Waals surface area contributed by atoms with Crippen molar-refractivity contribution >= 4 is 23.3 Å². The van der Waals surface area contributed by atoms with Crippen LogP contribution in [0, 0.1) is 11.7 Å². The molecule has 132 valence electrons. The fraction of sp³-hybridized carbons (Fsp3) is 0.333. The molecular formula is C18H19ClFN3O2. The van der Waals surface area contributed by atoms with Gasteiger partial charge in [-0.1, -0.05) is 24.6 Å². The van der Waals surface area contributed by atoms with Gasteiger partial charge in [-0.15, -0.1) is 0 Å². The van der Waals surface area contributed by atoms with E-state index in [0.717, 1.165) is 25.6 Å². The molecule has 7 heteroatoms. The number of halogens is 2. The van der Waals surface area contributed by atoms with E-state index in [4.69, 9.17) is 16.3 Å². The number of aromatic nitrogens is 1. The van der Waals surface area contributed by atoms with Crippen LogP contribution in [0.2, 0.25) is 5.02 Å². The number of nitrogens with zero attached hydrogens (tertiary/aromatic N) is 1. The number of nitrogens with one attached hydrogen (secondary N) is 2. The summed E-state index contributed by atoms with van der Waals surface area (Å²) in [5, 5.41) is 6.03. The highest BCUT2D eigenvalue weighted by atomic mass is 35.5. The third-order valence-corrected chi connectivity index (χ3v) is 4.43. The Morgan fingerprint density at radius 3 is 3.00 bits per heavy atom. The molecule has 1 amide bonds. The zero-order chi connectivity index (χ0) is 17.8. The molecule has 3 rings (SSSR count). The molecule has 25 heavy (non-hydrogen) atoms. The highest BCUT2D eigenvalue weighted by molar-refractivity contribution is 6.34. The topological polar surface area (TPSA) is 63.2 Å². The number of hydrogen-bond donors (Lipinski definition) is 2. The third kappa shape index (κ3) is 4.46. The summed E-state index contributed by atoms with van der Waals surface area (Å²) in [5.41, 5.74) is 0.183. The van der Waals surface area contributed by atoms with Gasteiger partial charge >= 0.3 is 0 Å². The van der Waals surface area contributed by atoms with Crippen LogP contribution in [-0.4, -0.2) is 30.1 Å². The van der Waals surface area contributed by atoms with Gasteiger partial charge in [0, 0.05) is 18.5 Å². The van der Waals surface area contributed by atoms with Crippen molar-refractivity contribution in [2.75, 3.05) is 18.4 Å². The van der Waals surface area contributed by atoms with E-state index in [2.05, 4.69) is 22.5 Å². The minimum atomic E-state index is -0.494. The SMILES string of the molecule is C[C@@H]1CNCC[C@H]1Oc1cccc(NC(=O)c2ccc(F)cc2Cl)n1. The lowest BCUT2D eigenvalue weighted by Crippen LogP contribution is -2.41. The van der Waals surface area contributed by atoms with E-state index in [1.165, 1.54) is 12.1 Å². The quantitative estimate of drug-likeness (QED) is 0.872. The normalized spacial score (nSPS) is 20.1. The van der Waals surface area contributed by atoms with Gasteiger partial charge in [-0.2, -0.15) is 4.98 Å². The van der Waals surface area contributed by atoms with Crippen LogP contribution in [0.25, 0.3) is 0 Å². The lowest BCUT2D eigenvalue weighted by atomic mass is 9.98. The maximum Gasteiger partial charge on any atom is 0.258 e. The Hall–Kier alpha value is -2.18. The van der Waals surface area contributed by atoms with Crippen LogP contribution in [0.15, 0.2) is 36.4 Å². The first-order chi connectivity index (χ1) is 12.0. The number of rotatable bonds is 4. The second kappa shape index (κ2) is 7.80. The maximum atomic E-state index is 13.1. The molecule has 0 saturated carbocycles. The van der Waals surface area contributed by atoms with E-state index in [0.29, 0.717) is 17.6 Å². The molecule has 2 heterocycles. The molecule has 1 fully saturated rings. The summed E-state index contributed by atoms with van der Waals surface area (Å²) in [6.07, 6.45) is 0.996. The number of benzene rings is 1. The Labute approximate surface area is 150 Å². The van der Waals surface area contributed by atoms with Crippen LogP contribution in [-0.2, 0) is 0 Å². The summed E-state index contributed by atoms with van der Waals surface area (Å²) in [5.74, 6) is 0.245. The van der Waals surface area contributed by atoms with Crippen LogP contribution in [0.5, 0.6) is 5.88 Å². The highest BCUT2D eigenvalue weighted by Crippen LogP contribution is 2.21. The molecule has 1 aromatic heterocycles. The number of hydrogen-bond acceptors (Lipinski definition) is 4. The number of piperidine rings is 1. The number of ether oxygens (including phenoxy) is 1. The molecule has 2 atom stereocenters. The van der Waals surface area contributed by atoms with Crippen LogP contribution >= 0.6 is 11.6 Å². The number of carbonyl (C=O) groups excluding carboxylic acids is 1. The Morgan fingerprint density at radius 2 is 2.24 bits per heavy atom. The van der Waals surface area contributed by atoms with Crippen LogP contribution in [0.3, 0.4) is 0 Å². The summed E-state index contributed by atoms with van der Waals surface area (Å²) >= 11 is 5.91. The predicted octanol–water partition coefficient (Wildman–Crippen LogP) is 3.50. The number of pyridine rings is 1. The zero-order valence-electron chi connectivity index (χ0n) is 13.8. The molecule has 5 nitrogen and oxygen atoms in total. The van der Waals surface area contributed by atoms with Gasteiger partial charge in [-0.05, 0) is 37.2 Å². The van der Waals surface area contributed by atoms with Gasteiger partial charge in [-0.3, -0.25) is 4.79 Å². The number of anilines is 1. The lowest BCUT2D eigenvalue weighted by molar-refractivity contribution is 0.102. The first kappa shape index (κ1) is 17.6. The van der Waals surface area contributed by atoms with Crippen molar-refractivity contribution in [2.45, 2.75) is 19.4 Å². The summed E-state index contributed by atoms with van der Waals surface area (Å²) < 4.78 is 19.1. The third-order valence-electron chi connectivity index (χ3n) is 4.12. The van der Waals surface area contributed by atoms with Crippen molar-refractivity contribution in [3.63, 3.8) is 0 Å². The molecule has 0 bridgehead atoms. The van der Waals surface area contributed by atoms with Crippen LogP contribution < -0.4 is 15.4 Å². The van der Waals surface area contributed by atoms with Crippen molar-refractivity contribution < 1.29 is 13.9 Å². The summed E-state index contributed by atoms with van der Waals surface area (Å²) in [7, 11) is 0. The molecule has 1 aliphatic heterocycles. The van der Waals surface area contributed by atoms with Gasteiger partial charge < -0.3 is 15.4 Å². The molecule has 2 N–H and O–H groups in total. The average Bonchev–Trinajstić information content (AvgIpc) is 2.57. The Kier molecular flexibility index (Phi) is 5.50. The van der Waals surface area contributed by atoms with E-state index in [1.807, 2.05) is 0 Å². The number of amides is 1. The molecule has 0 spiro atoms. The Bertz CT molecular complexity index is 772. The fourth-order valence-electron chi connectivity index (χ4n) is 2.73. The summed E-state index contributed by atoms with van der Waals surface area (Å²) in [6, 6.07) is 8.80. The van der Waals surface area contributed by atoms with Gasteiger partial charge in [0.2, 0.25) is 5.88 Å². The molecule has 0 radical (unpaired) electrons. The maximum absolute atomic E-state index is 13.1. The Morgan fingerprint density at radius 1 is 1.40 bits per heavy atom. The monoisotopic (exact) mass is 363 g/mol. The largest absolute Gasteiger partial charge is 0.474 e. The van der Waals surface area contributed by atoms with Gasteiger partial charge in [-0.25, -0.2) is 4.39 Å². The Balaban J connectivity index is 1.69. The minimum absolute atomic E-state index is 0.0495. The zero-order valence-corrected chi connectivity index (χ0v) is 14.5. The van der Waals surface area contributed by atoms with Gasteiger partial charge in [0.25, 0.3) is 5.91 Å². The average molecular weight is 364 g/mol. The minimum Gasteiger partial charge on any atom is -0.474 e. The van der Waals surface area contributed by atoms with Crippen molar-refractivity contribution in [1.82, 2.24) is 10.3 Å². The van der Waals surface area contributed by atoms with Gasteiger partial charge in [0.05, 0.1) is 10.6 Å². The molecule has 1 aromatic carbocycles. The van der Waals surface area contributed by atoms with Crippen LogP contribution in [0.1, 0.15) is 23.7 Å². The molecule has 1 saturated heterocycles. The van der Waals surface area contributed by atoms with Crippen molar-refractivity contribution in [3.05, 3.63) is 52.8 Å². The standard InChI is InChI=1S/C18H19ClFN3O2/c1-11-10-21-8-7-15(11)25-17-4-2-3-16(22-17)23-18(24)13-6-5-12(20)9-14(13)19/h2-6,9,11,15,21H,7-8,10H2,1H3,(H,22,23,24)/t11-,15-/m1/s1. The van der Waals surface area contributed by atoms with E-state index in [9.17, 15) is 9.18 Å². The second-order valence-electron chi connectivity index (χ2n) is 6.07. The molecule has 1 aliphatic rings. The first-order valence-corrected chi connectivity index (χ1v) is 8.51. The van der Waals surface area contributed by atoms with Crippen LogP contribution in [0.4, 0.5) is 10.2 Å². The molecule has 0 unspecified atom stereocenters. The molecular weight excluding hydrogens is 345 g/mol. The predicted molar refractivity (Wildman–Crippen MR) is 94.7 cm³/mol. The van der Waals surface area contributed by atoms with Gasteiger partial charge in [0.15, 0.2) is 0 Å². The fourth-order valence-corrected chi connectivity index (χ4v) is 2.98. The van der Waals surface area contributed by atoms with Gasteiger partial charge in [0.1, 0.15) is 17.7 Å². The molecule has 0 aliphatic carbocycles. The van der Waals surface area contributed by atoms with E-state index in [1.54, 1.807) is 18.2 Å².